The van der Waals surface area contributed by atoms with E-state index in [1.807, 2.05) is 24.3 Å². The Morgan fingerprint density at radius 2 is 1.67 bits per heavy atom. The van der Waals surface area contributed by atoms with Gasteiger partial charge < -0.3 is 20.7 Å². The van der Waals surface area contributed by atoms with Gasteiger partial charge in [0.15, 0.2) is 0 Å². The highest BCUT2D eigenvalue weighted by Gasteiger charge is 2.21. The first-order chi connectivity index (χ1) is 14.6. The molecule has 7 heteroatoms. The maximum atomic E-state index is 12.6. The van der Waals surface area contributed by atoms with Gasteiger partial charge in [-0.15, -0.1) is 0 Å². The first kappa shape index (κ1) is 21.4. The summed E-state index contributed by atoms with van der Waals surface area (Å²) >= 11 is 0. The van der Waals surface area contributed by atoms with Crippen molar-refractivity contribution in [3.8, 4) is 5.75 Å². The molecule has 7 nitrogen and oxygen atoms in total. The second kappa shape index (κ2) is 10.4. The third-order valence-corrected chi connectivity index (χ3v) is 5.17. The van der Waals surface area contributed by atoms with Gasteiger partial charge in [0.2, 0.25) is 0 Å². The summed E-state index contributed by atoms with van der Waals surface area (Å²) in [7, 11) is 1.60. The molecular formula is C23H27N3O4. The van der Waals surface area contributed by atoms with Crippen LogP contribution in [0.25, 0.3) is 0 Å². The molecule has 0 atom stereocenters. The molecule has 1 saturated carbocycles. The topological polar surface area (TPSA) is 96.5 Å². The summed E-state index contributed by atoms with van der Waals surface area (Å²) in [6.07, 6.45) is 4.75. The lowest BCUT2D eigenvalue weighted by atomic mass is 10.1. The molecule has 0 spiro atoms. The summed E-state index contributed by atoms with van der Waals surface area (Å²) in [5, 5.41) is 8.15. The molecule has 1 fully saturated rings. The van der Waals surface area contributed by atoms with Crippen molar-refractivity contribution >= 4 is 23.4 Å². The number of hydrogen-bond acceptors (Lipinski definition) is 4. The van der Waals surface area contributed by atoms with E-state index in [0.29, 0.717) is 24.2 Å². The van der Waals surface area contributed by atoms with Crippen LogP contribution in [-0.2, 0) is 16.0 Å². The predicted octanol–water partition coefficient (Wildman–Crippen LogP) is 2.67. The van der Waals surface area contributed by atoms with E-state index in [9.17, 15) is 14.4 Å². The van der Waals surface area contributed by atoms with Crippen molar-refractivity contribution in [2.75, 3.05) is 19.0 Å². The highest BCUT2D eigenvalue weighted by Crippen LogP contribution is 2.20. The van der Waals surface area contributed by atoms with Crippen molar-refractivity contribution in [1.29, 1.82) is 0 Å². The van der Waals surface area contributed by atoms with E-state index in [4.69, 9.17) is 4.74 Å². The number of amides is 3. The van der Waals surface area contributed by atoms with Crippen LogP contribution >= 0.6 is 0 Å². The molecular weight excluding hydrogens is 382 g/mol. The molecule has 2 aromatic rings. The third kappa shape index (κ3) is 5.83. The zero-order valence-electron chi connectivity index (χ0n) is 17.1. The van der Waals surface area contributed by atoms with Crippen LogP contribution < -0.4 is 20.7 Å². The van der Waals surface area contributed by atoms with Gasteiger partial charge in [0.1, 0.15) is 5.75 Å². The van der Waals surface area contributed by atoms with Crippen LogP contribution in [0.4, 0.5) is 5.69 Å². The number of benzene rings is 2. The van der Waals surface area contributed by atoms with Crippen molar-refractivity contribution in [1.82, 2.24) is 10.6 Å². The van der Waals surface area contributed by atoms with Crippen LogP contribution in [0.3, 0.4) is 0 Å². The van der Waals surface area contributed by atoms with Crippen LogP contribution in [0, 0.1) is 0 Å². The van der Waals surface area contributed by atoms with E-state index >= 15 is 0 Å². The normalized spacial score (nSPS) is 13.5. The van der Waals surface area contributed by atoms with Crippen molar-refractivity contribution in [2.24, 2.45) is 0 Å². The highest BCUT2D eigenvalue weighted by molar-refractivity contribution is 6.40. The van der Waals surface area contributed by atoms with Gasteiger partial charge in [0.05, 0.1) is 18.4 Å². The number of carbonyl (C=O) groups is 3. The Morgan fingerprint density at radius 3 is 2.37 bits per heavy atom. The fourth-order valence-corrected chi connectivity index (χ4v) is 3.50. The number of para-hydroxylation sites is 1. The summed E-state index contributed by atoms with van der Waals surface area (Å²) in [6.45, 7) is 0.322. The zero-order valence-corrected chi connectivity index (χ0v) is 17.1. The lowest BCUT2D eigenvalue weighted by Gasteiger charge is -2.15. The van der Waals surface area contributed by atoms with Gasteiger partial charge >= 0.3 is 11.8 Å². The summed E-state index contributed by atoms with van der Waals surface area (Å²) < 4.78 is 5.11. The van der Waals surface area contributed by atoms with Gasteiger partial charge in [-0.05, 0) is 49.1 Å². The minimum absolute atomic E-state index is 0.169. The van der Waals surface area contributed by atoms with E-state index in [1.165, 1.54) is 0 Å². The van der Waals surface area contributed by atoms with E-state index in [0.717, 1.165) is 37.0 Å². The second-order valence-corrected chi connectivity index (χ2v) is 7.31. The molecule has 0 aliphatic heterocycles. The molecule has 158 valence electrons. The predicted molar refractivity (Wildman–Crippen MR) is 115 cm³/mol. The zero-order chi connectivity index (χ0) is 21.3. The molecule has 2 aromatic carbocycles. The molecule has 0 bridgehead atoms. The van der Waals surface area contributed by atoms with Crippen molar-refractivity contribution < 1.29 is 19.1 Å². The Kier molecular flexibility index (Phi) is 7.43. The van der Waals surface area contributed by atoms with E-state index < -0.39 is 11.8 Å². The minimum Gasteiger partial charge on any atom is -0.497 e. The minimum atomic E-state index is -0.800. The second-order valence-electron chi connectivity index (χ2n) is 7.31. The third-order valence-electron chi connectivity index (χ3n) is 5.17. The average molecular weight is 409 g/mol. The maximum absolute atomic E-state index is 12.6. The Labute approximate surface area is 176 Å². The molecule has 3 N–H and O–H groups in total. The number of hydrogen-bond donors (Lipinski definition) is 3. The van der Waals surface area contributed by atoms with E-state index in [2.05, 4.69) is 16.0 Å². The van der Waals surface area contributed by atoms with Crippen LogP contribution in [0.5, 0.6) is 5.75 Å². The molecule has 0 aromatic heterocycles. The standard InChI is InChI=1S/C23H27N3O4/c1-30-18-12-10-16(11-13-18)14-15-24-22(28)23(29)26-20-9-5-4-8-19(20)21(27)25-17-6-2-3-7-17/h4-5,8-13,17H,2-3,6-7,14-15H2,1H3,(H,24,28)(H,25,27)(H,26,29). The molecule has 1 aliphatic carbocycles. The maximum Gasteiger partial charge on any atom is 0.313 e. The highest BCUT2D eigenvalue weighted by atomic mass is 16.5. The summed E-state index contributed by atoms with van der Waals surface area (Å²) in [6, 6.07) is 14.4. The fraction of sp³-hybridized carbons (Fsp3) is 0.348. The van der Waals surface area contributed by atoms with Crippen LogP contribution in [-0.4, -0.2) is 37.4 Å². The van der Waals surface area contributed by atoms with Gasteiger partial charge in [-0.25, -0.2) is 0 Å². The van der Waals surface area contributed by atoms with Gasteiger partial charge in [-0.2, -0.15) is 0 Å². The monoisotopic (exact) mass is 409 g/mol. The Balaban J connectivity index is 1.51. The molecule has 30 heavy (non-hydrogen) atoms. The van der Waals surface area contributed by atoms with Gasteiger partial charge in [-0.1, -0.05) is 37.1 Å². The van der Waals surface area contributed by atoms with Crippen LogP contribution in [0.1, 0.15) is 41.6 Å². The smallest absolute Gasteiger partial charge is 0.313 e. The molecule has 0 heterocycles. The van der Waals surface area contributed by atoms with Gasteiger partial charge in [0, 0.05) is 12.6 Å². The molecule has 3 amide bonds. The Bertz CT molecular complexity index is 890. The lowest BCUT2D eigenvalue weighted by molar-refractivity contribution is -0.136. The molecule has 0 radical (unpaired) electrons. The molecule has 3 rings (SSSR count). The van der Waals surface area contributed by atoms with Crippen molar-refractivity contribution in [3.05, 3.63) is 59.7 Å². The first-order valence-electron chi connectivity index (χ1n) is 10.2. The number of anilines is 1. The number of methoxy groups -OCH3 is 1. The average Bonchev–Trinajstić information content (AvgIpc) is 3.27. The summed E-state index contributed by atoms with van der Waals surface area (Å²) in [5.41, 5.74) is 1.69. The molecule has 0 unspecified atom stereocenters. The largest absolute Gasteiger partial charge is 0.497 e. The first-order valence-corrected chi connectivity index (χ1v) is 10.2. The fourth-order valence-electron chi connectivity index (χ4n) is 3.50. The van der Waals surface area contributed by atoms with Gasteiger partial charge in [-0.3, -0.25) is 14.4 Å². The quantitative estimate of drug-likeness (QED) is 0.613. The van der Waals surface area contributed by atoms with Gasteiger partial charge in [0.25, 0.3) is 5.91 Å². The van der Waals surface area contributed by atoms with E-state index in [-0.39, 0.29) is 11.9 Å². The molecule has 0 saturated heterocycles. The number of rotatable bonds is 7. The van der Waals surface area contributed by atoms with Crippen molar-refractivity contribution in [3.63, 3.8) is 0 Å². The number of nitrogens with one attached hydrogen (secondary N) is 3. The van der Waals surface area contributed by atoms with Crippen molar-refractivity contribution in [2.45, 2.75) is 38.1 Å². The molecule has 1 aliphatic rings. The summed E-state index contributed by atoms with van der Waals surface area (Å²) in [5.74, 6) is -1.02. The SMILES string of the molecule is COc1ccc(CCNC(=O)C(=O)Nc2ccccc2C(=O)NC2CCCC2)cc1. The van der Waals surface area contributed by atoms with Crippen LogP contribution in [0.2, 0.25) is 0 Å². The van der Waals surface area contributed by atoms with E-state index in [1.54, 1.807) is 31.4 Å². The Morgan fingerprint density at radius 1 is 0.967 bits per heavy atom. The summed E-state index contributed by atoms with van der Waals surface area (Å²) in [4.78, 5) is 37.0. The Hall–Kier alpha value is -3.35. The van der Waals surface area contributed by atoms with Crippen LogP contribution in [0.15, 0.2) is 48.5 Å². The number of ether oxygens (including phenoxy) is 1. The lowest BCUT2D eigenvalue weighted by Crippen LogP contribution is -2.37. The number of carbonyl (C=O) groups excluding carboxylic acids is 3.